The van der Waals surface area contributed by atoms with E-state index in [0.29, 0.717) is 24.5 Å². The number of amides is 1. The van der Waals surface area contributed by atoms with E-state index < -0.39 is 0 Å². The zero-order chi connectivity index (χ0) is 17.6. The van der Waals surface area contributed by atoms with Gasteiger partial charge in [-0.2, -0.15) is 5.26 Å². The molecule has 0 radical (unpaired) electrons. The first kappa shape index (κ1) is 17.2. The Balaban J connectivity index is 1.41. The number of piperidine rings is 1. The summed E-state index contributed by atoms with van der Waals surface area (Å²) in [6.07, 6.45) is 5.17. The molecule has 1 unspecified atom stereocenters. The zero-order valence-electron chi connectivity index (χ0n) is 14.1. The van der Waals surface area contributed by atoms with Gasteiger partial charge in [0.15, 0.2) is 0 Å². The molecule has 2 aliphatic rings. The van der Waals surface area contributed by atoms with Crippen LogP contribution < -0.4 is 5.32 Å². The van der Waals surface area contributed by atoms with Gasteiger partial charge in [-0.15, -0.1) is 0 Å². The molecule has 2 fully saturated rings. The van der Waals surface area contributed by atoms with Gasteiger partial charge in [0.1, 0.15) is 18.5 Å². The smallest absolute Gasteiger partial charge is 0.310 e. The molecule has 1 amide bonds. The molecule has 1 aliphatic carbocycles. The van der Waals surface area contributed by atoms with Crippen molar-refractivity contribution >= 4 is 17.7 Å². The van der Waals surface area contributed by atoms with E-state index in [4.69, 9.17) is 10.00 Å². The first-order valence-corrected chi connectivity index (χ1v) is 8.73. The Hall–Kier alpha value is -2.62. The van der Waals surface area contributed by atoms with Gasteiger partial charge in [0.2, 0.25) is 5.91 Å². The molecule has 7 nitrogen and oxygen atoms in total. The van der Waals surface area contributed by atoms with Crippen LogP contribution in [0.25, 0.3) is 0 Å². The van der Waals surface area contributed by atoms with E-state index in [9.17, 15) is 9.59 Å². The van der Waals surface area contributed by atoms with E-state index in [1.54, 1.807) is 18.3 Å². The molecule has 3 rings (SSSR count). The molecule has 1 aromatic heterocycles. The van der Waals surface area contributed by atoms with Crippen LogP contribution in [0.1, 0.15) is 31.2 Å². The average Bonchev–Trinajstić information content (AvgIpc) is 3.50. The third kappa shape index (κ3) is 4.47. The van der Waals surface area contributed by atoms with Crippen molar-refractivity contribution in [1.82, 2.24) is 9.88 Å². The fourth-order valence-corrected chi connectivity index (χ4v) is 3.03. The molecule has 1 saturated heterocycles. The van der Waals surface area contributed by atoms with E-state index >= 15 is 0 Å². The van der Waals surface area contributed by atoms with Crippen LogP contribution in [-0.4, -0.2) is 48.0 Å². The second-order valence-corrected chi connectivity index (χ2v) is 6.50. The van der Waals surface area contributed by atoms with Crippen LogP contribution in [0.3, 0.4) is 0 Å². The largest absolute Gasteiger partial charge is 0.464 e. The van der Waals surface area contributed by atoms with E-state index in [-0.39, 0.29) is 30.3 Å². The highest BCUT2D eigenvalue weighted by Gasteiger charge is 2.37. The molecule has 1 N–H and O–H groups in total. The van der Waals surface area contributed by atoms with Gasteiger partial charge in [-0.05, 0) is 37.8 Å². The van der Waals surface area contributed by atoms with E-state index in [2.05, 4.69) is 16.4 Å². The normalized spacial score (nSPS) is 19.8. The van der Waals surface area contributed by atoms with Crippen molar-refractivity contribution in [3.63, 3.8) is 0 Å². The molecular formula is C18H22N4O3. The molecule has 1 aliphatic heterocycles. The van der Waals surface area contributed by atoms with Gasteiger partial charge in [-0.1, -0.05) is 0 Å². The van der Waals surface area contributed by atoms with Crippen LogP contribution in [-0.2, 0) is 14.3 Å². The van der Waals surface area contributed by atoms with Crippen molar-refractivity contribution < 1.29 is 14.3 Å². The molecule has 0 aromatic carbocycles. The maximum atomic E-state index is 12.2. The second kappa shape index (κ2) is 7.97. The lowest BCUT2D eigenvalue weighted by atomic mass is 9.98. The number of hydrogen-bond donors (Lipinski definition) is 1. The summed E-state index contributed by atoms with van der Waals surface area (Å²) in [5, 5.41) is 12.0. The summed E-state index contributed by atoms with van der Waals surface area (Å²) < 4.78 is 5.33. The molecule has 0 bridgehead atoms. The molecule has 1 saturated carbocycles. The van der Waals surface area contributed by atoms with Crippen LogP contribution in [0.2, 0.25) is 0 Å². The van der Waals surface area contributed by atoms with Gasteiger partial charge in [0, 0.05) is 25.2 Å². The van der Waals surface area contributed by atoms with Crippen molar-refractivity contribution in [2.75, 3.05) is 31.6 Å². The number of esters is 1. The number of hydrogen-bond acceptors (Lipinski definition) is 6. The molecule has 132 valence electrons. The quantitative estimate of drug-likeness (QED) is 0.623. The summed E-state index contributed by atoms with van der Waals surface area (Å²) in [6, 6.07) is 5.43. The number of carbonyl (C=O) groups is 2. The molecule has 1 aromatic rings. The second-order valence-electron chi connectivity index (χ2n) is 6.50. The van der Waals surface area contributed by atoms with Crippen molar-refractivity contribution in [3.05, 3.63) is 23.9 Å². The third-order valence-corrected chi connectivity index (χ3v) is 4.56. The summed E-state index contributed by atoms with van der Waals surface area (Å²) in [7, 11) is 0. The highest BCUT2D eigenvalue weighted by atomic mass is 16.5. The zero-order valence-corrected chi connectivity index (χ0v) is 14.1. The number of nitrogens with zero attached hydrogens (tertiary/aromatic N) is 3. The van der Waals surface area contributed by atoms with E-state index in [0.717, 1.165) is 32.2 Å². The standard InChI is InChI=1S/C18H22N4O3/c19-11-14-3-1-7-20-16(14)21-8-10-25-18(24)15-4-2-9-22(12-15)17(23)13-5-6-13/h1,3,7,13,15H,2,4-6,8-10,12H2,(H,20,21). The van der Waals surface area contributed by atoms with Gasteiger partial charge >= 0.3 is 5.97 Å². The van der Waals surface area contributed by atoms with Crippen LogP contribution >= 0.6 is 0 Å². The minimum absolute atomic E-state index is 0.187. The average molecular weight is 342 g/mol. The Morgan fingerprint density at radius 1 is 1.36 bits per heavy atom. The number of carbonyl (C=O) groups excluding carboxylic acids is 2. The minimum atomic E-state index is -0.253. The first-order valence-electron chi connectivity index (χ1n) is 8.73. The Morgan fingerprint density at radius 3 is 2.96 bits per heavy atom. The number of pyridine rings is 1. The molecule has 7 heteroatoms. The summed E-state index contributed by atoms with van der Waals surface area (Å²) in [5.41, 5.74) is 0.454. The maximum Gasteiger partial charge on any atom is 0.310 e. The number of rotatable bonds is 6. The van der Waals surface area contributed by atoms with Gasteiger partial charge in [-0.25, -0.2) is 4.98 Å². The highest BCUT2D eigenvalue weighted by molar-refractivity contribution is 5.82. The lowest BCUT2D eigenvalue weighted by Crippen LogP contribution is -2.43. The minimum Gasteiger partial charge on any atom is -0.464 e. The predicted octanol–water partition coefficient (Wildman–Crippen LogP) is 1.56. The third-order valence-electron chi connectivity index (χ3n) is 4.56. The number of nitrogens with one attached hydrogen (secondary N) is 1. The van der Waals surface area contributed by atoms with Crippen molar-refractivity contribution in [1.29, 1.82) is 5.26 Å². The van der Waals surface area contributed by atoms with Gasteiger partial charge in [-0.3, -0.25) is 9.59 Å². The maximum absolute atomic E-state index is 12.2. The van der Waals surface area contributed by atoms with Crippen LogP contribution in [0.15, 0.2) is 18.3 Å². The summed E-state index contributed by atoms with van der Waals surface area (Å²) in [5.74, 6) is 0.377. The Morgan fingerprint density at radius 2 is 2.20 bits per heavy atom. The van der Waals surface area contributed by atoms with Crippen molar-refractivity contribution in [2.24, 2.45) is 11.8 Å². The summed E-state index contributed by atoms with van der Waals surface area (Å²) >= 11 is 0. The number of likely N-dealkylation sites (tertiary alicyclic amines) is 1. The van der Waals surface area contributed by atoms with Crippen molar-refractivity contribution in [2.45, 2.75) is 25.7 Å². The molecular weight excluding hydrogens is 320 g/mol. The van der Waals surface area contributed by atoms with E-state index in [1.165, 1.54) is 0 Å². The number of anilines is 1. The van der Waals surface area contributed by atoms with Crippen LogP contribution in [0.5, 0.6) is 0 Å². The molecule has 1 atom stereocenters. The van der Waals surface area contributed by atoms with Gasteiger partial charge in [0.05, 0.1) is 18.0 Å². The number of nitriles is 1. The van der Waals surface area contributed by atoms with Gasteiger partial charge < -0.3 is 15.0 Å². The molecule has 2 heterocycles. The number of aromatic nitrogens is 1. The molecule has 0 spiro atoms. The fraction of sp³-hybridized carbons (Fsp3) is 0.556. The summed E-state index contributed by atoms with van der Waals surface area (Å²) in [4.78, 5) is 30.3. The van der Waals surface area contributed by atoms with Crippen LogP contribution in [0, 0.1) is 23.2 Å². The number of ether oxygens (including phenoxy) is 1. The monoisotopic (exact) mass is 342 g/mol. The fourth-order valence-electron chi connectivity index (χ4n) is 3.03. The highest BCUT2D eigenvalue weighted by Crippen LogP contribution is 2.32. The Kier molecular flexibility index (Phi) is 5.49. The van der Waals surface area contributed by atoms with E-state index in [1.807, 2.05) is 4.90 Å². The van der Waals surface area contributed by atoms with Crippen molar-refractivity contribution in [3.8, 4) is 6.07 Å². The lowest BCUT2D eigenvalue weighted by molar-refractivity contribution is -0.151. The Labute approximate surface area is 147 Å². The first-order chi connectivity index (χ1) is 12.2. The van der Waals surface area contributed by atoms with Crippen LogP contribution in [0.4, 0.5) is 5.82 Å². The topological polar surface area (TPSA) is 95.3 Å². The SMILES string of the molecule is N#Cc1cccnc1NCCOC(=O)C1CCCN(C(=O)C2CC2)C1. The Bertz CT molecular complexity index is 681. The predicted molar refractivity (Wildman–Crippen MR) is 90.4 cm³/mol. The molecule has 25 heavy (non-hydrogen) atoms. The lowest BCUT2D eigenvalue weighted by Gasteiger charge is -2.31. The van der Waals surface area contributed by atoms with Gasteiger partial charge in [0.25, 0.3) is 0 Å². The summed E-state index contributed by atoms with van der Waals surface area (Å²) in [6.45, 7) is 1.81.